The Morgan fingerprint density at radius 1 is 1.03 bits per heavy atom. The van der Waals surface area contributed by atoms with Gasteiger partial charge in [-0.3, -0.25) is 4.79 Å². The molecule has 1 heterocycles. The molecule has 0 aromatic heterocycles. The van der Waals surface area contributed by atoms with Crippen LogP contribution < -0.4 is 15.0 Å². The van der Waals surface area contributed by atoms with Gasteiger partial charge in [-0.05, 0) is 61.7 Å². The highest BCUT2D eigenvalue weighted by atomic mass is 16.5. The molecule has 5 heteroatoms. The third-order valence-electron chi connectivity index (χ3n) is 5.74. The molecule has 5 nitrogen and oxygen atoms in total. The molecule has 162 valence electrons. The molecule has 1 saturated heterocycles. The summed E-state index contributed by atoms with van der Waals surface area (Å²) in [5.74, 6) is 1.04. The SMILES string of the molecule is Cc1ccc(C(C)C)c(O[C@@H](C)C(=O)NCc2ccc(N3CCN(C)CC3)cc2)c1. The smallest absolute Gasteiger partial charge is 0.261 e. The summed E-state index contributed by atoms with van der Waals surface area (Å²) in [5.41, 5.74) is 4.59. The third kappa shape index (κ3) is 5.76. The second kappa shape index (κ2) is 9.98. The van der Waals surface area contributed by atoms with Crippen LogP contribution in [0.15, 0.2) is 42.5 Å². The van der Waals surface area contributed by atoms with Crippen LogP contribution in [0.4, 0.5) is 5.69 Å². The lowest BCUT2D eigenvalue weighted by molar-refractivity contribution is -0.127. The lowest BCUT2D eigenvalue weighted by Crippen LogP contribution is -2.44. The second-order valence-corrected chi connectivity index (χ2v) is 8.63. The van der Waals surface area contributed by atoms with Crippen LogP contribution in [0, 0.1) is 6.92 Å². The summed E-state index contributed by atoms with van der Waals surface area (Å²) in [6.07, 6.45) is -0.547. The van der Waals surface area contributed by atoms with E-state index >= 15 is 0 Å². The number of hydrogen-bond donors (Lipinski definition) is 1. The van der Waals surface area contributed by atoms with Gasteiger partial charge < -0.3 is 19.9 Å². The van der Waals surface area contributed by atoms with Crippen LogP contribution in [-0.4, -0.2) is 50.1 Å². The quantitative estimate of drug-likeness (QED) is 0.752. The molecular weight excluding hydrogens is 374 g/mol. The number of rotatable bonds is 7. The Morgan fingerprint density at radius 3 is 2.33 bits per heavy atom. The molecule has 0 saturated carbocycles. The van der Waals surface area contributed by atoms with Crippen molar-refractivity contribution < 1.29 is 9.53 Å². The third-order valence-corrected chi connectivity index (χ3v) is 5.74. The lowest BCUT2D eigenvalue weighted by Gasteiger charge is -2.34. The Bertz CT molecular complexity index is 840. The average molecular weight is 410 g/mol. The molecule has 30 heavy (non-hydrogen) atoms. The minimum absolute atomic E-state index is 0.102. The summed E-state index contributed by atoms with van der Waals surface area (Å²) in [6, 6.07) is 14.7. The predicted octanol–water partition coefficient (Wildman–Crippen LogP) is 3.95. The molecule has 1 aliphatic heterocycles. The maximum Gasteiger partial charge on any atom is 0.261 e. The molecule has 0 bridgehead atoms. The molecule has 0 aliphatic carbocycles. The Labute approximate surface area is 181 Å². The molecule has 3 rings (SSSR count). The highest BCUT2D eigenvalue weighted by Crippen LogP contribution is 2.28. The van der Waals surface area contributed by atoms with Gasteiger partial charge in [0.1, 0.15) is 5.75 Å². The topological polar surface area (TPSA) is 44.8 Å². The van der Waals surface area contributed by atoms with E-state index in [0.717, 1.165) is 48.6 Å². The van der Waals surface area contributed by atoms with Gasteiger partial charge in [0.15, 0.2) is 6.10 Å². The fourth-order valence-electron chi connectivity index (χ4n) is 3.69. The van der Waals surface area contributed by atoms with Crippen molar-refractivity contribution in [3.63, 3.8) is 0 Å². The maximum atomic E-state index is 12.6. The van der Waals surface area contributed by atoms with Crippen molar-refractivity contribution in [3.8, 4) is 5.75 Å². The second-order valence-electron chi connectivity index (χ2n) is 8.63. The van der Waals surface area contributed by atoms with Gasteiger partial charge in [-0.15, -0.1) is 0 Å². The van der Waals surface area contributed by atoms with Crippen molar-refractivity contribution >= 4 is 11.6 Å². The number of carbonyl (C=O) groups is 1. The summed E-state index contributed by atoms with van der Waals surface area (Å²) in [7, 11) is 2.16. The van der Waals surface area contributed by atoms with Crippen LogP contribution in [0.1, 0.15) is 43.4 Å². The Kier molecular flexibility index (Phi) is 7.38. The van der Waals surface area contributed by atoms with Crippen molar-refractivity contribution in [3.05, 3.63) is 59.2 Å². The summed E-state index contributed by atoms with van der Waals surface area (Å²) in [4.78, 5) is 17.3. The van der Waals surface area contributed by atoms with Gasteiger partial charge in [0.2, 0.25) is 0 Å². The normalized spacial score (nSPS) is 15.9. The van der Waals surface area contributed by atoms with Crippen LogP contribution in [0.3, 0.4) is 0 Å². The summed E-state index contributed by atoms with van der Waals surface area (Å²) in [6.45, 7) is 12.9. The zero-order chi connectivity index (χ0) is 21.7. The molecule has 1 aliphatic rings. The van der Waals surface area contributed by atoms with Gasteiger partial charge in [0, 0.05) is 38.4 Å². The standard InChI is InChI=1S/C25H35N3O2/c1-18(2)23-11-6-19(3)16-24(23)30-20(4)25(29)26-17-21-7-9-22(10-8-21)28-14-12-27(5)13-15-28/h6-11,16,18,20H,12-15,17H2,1-5H3,(H,26,29)/t20-/m0/s1. The van der Waals surface area contributed by atoms with Gasteiger partial charge in [-0.2, -0.15) is 0 Å². The van der Waals surface area contributed by atoms with Crippen molar-refractivity contribution in [2.45, 2.75) is 46.3 Å². The zero-order valence-corrected chi connectivity index (χ0v) is 18.9. The van der Waals surface area contributed by atoms with Crippen LogP contribution >= 0.6 is 0 Å². The first-order valence-corrected chi connectivity index (χ1v) is 10.9. The molecular formula is C25H35N3O2. The van der Waals surface area contributed by atoms with Crippen molar-refractivity contribution in [1.29, 1.82) is 0 Å². The highest BCUT2D eigenvalue weighted by Gasteiger charge is 2.18. The van der Waals surface area contributed by atoms with Crippen molar-refractivity contribution in [2.24, 2.45) is 0 Å². The molecule has 2 aromatic rings. The molecule has 1 atom stereocenters. The number of benzene rings is 2. The number of aryl methyl sites for hydroxylation is 1. The number of carbonyl (C=O) groups excluding carboxylic acids is 1. The number of nitrogens with one attached hydrogen (secondary N) is 1. The van der Waals surface area contributed by atoms with Gasteiger partial charge in [-0.1, -0.05) is 38.1 Å². The van der Waals surface area contributed by atoms with Crippen LogP contribution in [0.25, 0.3) is 0 Å². The Balaban J connectivity index is 1.53. The maximum absolute atomic E-state index is 12.6. The molecule has 1 fully saturated rings. The molecule has 2 aromatic carbocycles. The predicted molar refractivity (Wildman–Crippen MR) is 123 cm³/mol. The number of nitrogens with zero attached hydrogens (tertiary/aromatic N) is 2. The first kappa shape index (κ1) is 22.2. The van der Waals surface area contributed by atoms with Gasteiger partial charge >= 0.3 is 0 Å². The van der Waals surface area contributed by atoms with E-state index < -0.39 is 6.10 Å². The van der Waals surface area contributed by atoms with Crippen LogP contribution in [0.5, 0.6) is 5.75 Å². The summed E-state index contributed by atoms with van der Waals surface area (Å²) < 4.78 is 6.02. The van der Waals surface area contributed by atoms with E-state index in [1.165, 1.54) is 5.69 Å². The number of hydrogen-bond acceptors (Lipinski definition) is 4. The summed E-state index contributed by atoms with van der Waals surface area (Å²) in [5, 5.41) is 3.00. The lowest BCUT2D eigenvalue weighted by atomic mass is 10.0. The first-order valence-electron chi connectivity index (χ1n) is 10.9. The van der Waals surface area contributed by atoms with Gasteiger partial charge in [0.05, 0.1) is 0 Å². The number of piperazine rings is 1. The molecule has 1 amide bonds. The molecule has 0 radical (unpaired) electrons. The van der Waals surface area contributed by atoms with Crippen LogP contribution in [-0.2, 0) is 11.3 Å². The van der Waals surface area contributed by atoms with E-state index in [-0.39, 0.29) is 5.91 Å². The largest absolute Gasteiger partial charge is 0.481 e. The first-order chi connectivity index (χ1) is 14.3. The van der Waals surface area contributed by atoms with Crippen LogP contribution in [0.2, 0.25) is 0 Å². The van der Waals surface area contributed by atoms with Crippen molar-refractivity contribution in [1.82, 2.24) is 10.2 Å². The minimum atomic E-state index is -0.547. The van der Waals surface area contributed by atoms with E-state index in [1.54, 1.807) is 6.92 Å². The Morgan fingerprint density at radius 2 is 1.70 bits per heavy atom. The van der Waals surface area contributed by atoms with E-state index in [4.69, 9.17) is 4.74 Å². The zero-order valence-electron chi connectivity index (χ0n) is 18.9. The monoisotopic (exact) mass is 409 g/mol. The molecule has 0 spiro atoms. The van der Waals surface area contributed by atoms with E-state index in [2.05, 4.69) is 72.4 Å². The average Bonchev–Trinajstić information content (AvgIpc) is 2.73. The van der Waals surface area contributed by atoms with Gasteiger partial charge in [-0.25, -0.2) is 0 Å². The molecule has 1 N–H and O–H groups in total. The van der Waals surface area contributed by atoms with E-state index in [9.17, 15) is 4.79 Å². The Hall–Kier alpha value is -2.53. The van der Waals surface area contributed by atoms with E-state index in [1.807, 2.05) is 13.0 Å². The fourth-order valence-corrected chi connectivity index (χ4v) is 3.69. The van der Waals surface area contributed by atoms with Gasteiger partial charge in [0.25, 0.3) is 5.91 Å². The summed E-state index contributed by atoms with van der Waals surface area (Å²) >= 11 is 0. The van der Waals surface area contributed by atoms with Crippen molar-refractivity contribution in [2.75, 3.05) is 38.1 Å². The number of ether oxygens (including phenoxy) is 1. The highest BCUT2D eigenvalue weighted by molar-refractivity contribution is 5.80. The minimum Gasteiger partial charge on any atom is -0.481 e. The number of anilines is 1. The van der Waals surface area contributed by atoms with E-state index in [0.29, 0.717) is 12.5 Å². The fraction of sp³-hybridized carbons (Fsp3) is 0.480. The number of likely N-dealkylation sites (N-methyl/N-ethyl adjacent to an activating group) is 1. The molecule has 0 unspecified atom stereocenters. The number of amides is 1.